The Morgan fingerprint density at radius 3 is 2.53 bits per heavy atom. The monoisotopic (exact) mass is 240 g/mol. The molecule has 1 aromatic rings. The van der Waals surface area contributed by atoms with Gasteiger partial charge in [-0.05, 0) is 12.8 Å². The molecule has 2 N–H and O–H groups in total. The van der Waals surface area contributed by atoms with Crippen LogP contribution in [0.15, 0.2) is 12.1 Å². The molecule has 2 rings (SSSR count). The quantitative estimate of drug-likeness (QED) is 0.848. The summed E-state index contributed by atoms with van der Waals surface area (Å²) in [5.74, 6) is -1.97. The molecule has 4 nitrogen and oxygen atoms in total. The Morgan fingerprint density at radius 1 is 1.47 bits per heavy atom. The number of rotatable bonds is 3. The van der Waals surface area contributed by atoms with Crippen molar-refractivity contribution in [2.24, 2.45) is 0 Å². The molecule has 5 heteroatoms. The summed E-state index contributed by atoms with van der Waals surface area (Å²) in [7, 11) is 1.33. The third-order valence-electron chi connectivity index (χ3n) is 3.35. The summed E-state index contributed by atoms with van der Waals surface area (Å²) in [5.41, 5.74) is -1.17. The van der Waals surface area contributed by atoms with Gasteiger partial charge in [-0.1, -0.05) is 6.42 Å². The molecular weight excluding hydrogens is 227 g/mol. The molecule has 1 saturated carbocycles. The molecule has 1 aliphatic carbocycles. The van der Waals surface area contributed by atoms with E-state index in [1.165, 1.54) is 13.2 Å². The minimum atomic E-state index is -1.21. The van der Waals surface area contributed by atoms with Gasteiger partial charge in [-0.2, -0.15) is 0 Å². The van der Waals surface area contributed by atoms with Crippen molar-refractivity contribution >= 4 is 5.97 Å². The lowest BCUT2D eigenvalue weighted by atomic mass is 9.64. The summed E-state index contributed by atoms with van der Waals surface area (Å²) in [6.07, 6.45) is 1.52. The van der Waals surface area contributed by atoms with Crippen LogP contribution in [-0.2, 0) is 10.2 Å². The Balaban J connectivity index is 2.61. The summed E-state index contributed by atoms with van der Waals surface area (Å²) in [6.45, 7) is 0. The van der Waals surface area contributed by atoms with E-state index < -0.39 is 17.2 Å². The average Bonchev–Trinajstić information content (AvgIpc) is 2.18. The van der Waals surface area contributed by atoms with Crippen LogP contribution in [0.1, 0.15) is 24.8 Å². The molecule has 1 fully saturated rings. The van der Waals surface area contributed by atoms with Crippen molar-refractivity contribution in [3.63, 3.8) is 0 Å². The van der Waals surface area contributed by atoms with E-state index in [1.54, 1.807) is 0 Å². The lowest BCUT2D eigenvalue weighted by Gasteiger charge is -2.38. The highest BCUT2D eigenvalue weighted by molar-refractivity contribution is 5.84. The van der Waals surface area contributed by atoms with Crippen LogP contribution >= 0.6 is 0 Å². The van der Waals surface area contributed by atoms with Gasteiger partial charge in [-0.3, -0.25) is 4.79 Å². The van der Waals surface area contributed by atoms with Crippen molar-refractivity contribution in [3.05, 3.63) is 23.5 Å². The Bertz CT molecular complexity index is 466. The van der Waals surface area contributed by atoms with Gasteiger partial charge in [0.2, 0.25) is 0 Å². The topological polar surface area (TPSA) is 66.8 Å². The van der Waals surface area contributed by atoms with E-state index in [0.717, 1.165) is 12.5 Å². The van der Waals surface area contributed by atoms with Gasteiger partial charge in [-0.15, -0.1) is 0 Å². The molecule has 0 unspecified atom stereocenters. The van der Waals surface area contributed by atoms with Crippen LogP contribution < -0.4 is 4.74 Å². The highest BCUT2D eigenvalue weighted by atomic mass is 19.1. The van der Waals surface area contributed by atoms with Gasteiger partial charge in [0, 0.05) is 17.7 Å². The van der Waals surface area contributed by atoms with Gasteiger partial charge in [0.25, 0.3) is 0 Å². The van der Waals surface area contributed by atoms with Crippen LogP contribution in [0.5, 0.6) is 11.5 Å². The maximum absolute atomic E-state index is 13.9. The molecule has 0 spiro atoms. The summed E-state index contributed by atoms with van der Waals surface area (Å²) in [6, 6.07) is 2.16. The first-order valence-electron chi connectivity index (χ1n) is 5.31. The summed E-state index contributed by atoms with van der Waals surface area (Å²) in [4.78, 5) is 11.3. The second kappa shape index (κ2) is 3.91. The minimum Gasteiger partial charge on any atom is -0.508 e. The zero-order chi connectivity index (χ0) is 12.6. The number of phenolic OH excluding ortho intramolecular Hbond substituents is 1. The fourth-order valence-electron chi connectivity index (χ4n) is 2.29. The largest absolute Gasteiger partial charge is 0.508 e. The Hall–Kier alpha value is -1.78. The maximum Gasteiger partial charge on any atom is 0.314 e. The Labute approximate surface area is 97.6 Å². The zero-order valence-electron chi connectivity index (χ0n) is 9.36. The number of hydrogen-bond acceptors (Lipinski definition) is 3. The van der Waals surface area contributed by atoms with Gasteiger partial charge in [0.15, 0.2) is 0 Å². The first kappa shape index (κ1) is 11.7. The molecule has 92 valence electrons. The van der Waals surface area contributed by atoms with E-state index >= 15 is 0 Å². The normalized spacial score (nSPS) is 17.3. The fraction of sp³-hybridized carbons (Fsp3) is 0.417. The zero-order valence-corrected chi connectivity index (χ0v) is 9.36. The van der Waals surface area contributed by atoms with Gasteiger partial charge in [0.1, 0.15) is 17.3 Å². The SMILES string of the molecule is COc1cc(O)cc(F)c1C1(C(=O)O)CCC1. The summed E-state index contributed by atoms with van der Waals surface area (Å²) in [5, 5.41) is 18.5. The number of phenols is 1. The van der Waals surface area contributed by atoms with Crippen LogP contribution in [0, 0.1) is 5.82 Å². The number of benzene rings is 1. The predicted octanol–water partition coefficient (Wildman–Crippen LogP) is 2.05. The molecule has 1 aromatic carbocycles. The highest BCUT2D eigenvalue weighted by Gasteiger charge is 2.49. The van der Waals surface area contributed by atoms with Gasteiger partial charge < -0.3 is 14.9 Å². The molecule has 0 saturated heterocycles. The van der Waals surface area contributed by atoms with E-state index in [4.69, 9.17) is 4.74 Å². The Kier molecular flexibility index (Phi) is 2.69. The lowest BCUT2D eigenvalue weighted by molar-refractivity contribution is -0.147. The second-order valence-corrected chi connectivity index (χ2v) is 4.25. The number of carbonyl (C=O) groups is 1. The van der Waals surface area contributed by atoms with Crippen LogP contribution in [-0.4, -0.2) is 23.3 Å². The predicted molar refractivity (Wildman–Crippen MR) is 57.8 cm³/mol. The summed E-state index contributed by atoms with van der Waals surface area (Å²) < 4.78 is 18.8. The number of carboxylic acids is 1. The van der Waals surface area contributed by atoms with E-state index in [9.17, 15) is 19.4 Å². The van der Waals surface area contributed by atoms with Crippen molar-refractivity contribution in [1.82, 2.24) is 0 Å². The maximum atomic E-state index is 13.9. The number of halogens is 1. The van der Waals surface area contributed by atoms with Gasteiger partial charge in [0.05, 0.1) is 12.5 Å². The number of hydrogen-bond donors (Lipinski definition) is 2. The third-order valence-corrected chi connectivity index (χ3v) is 3.35. The number of aliphatic carboxylic acids is 1. The first-order chi connectivity index (χ1) is 8.01. The van der Waals surface area contributed by atoms with Crippen molar-refractivity contribution in [1.29, 1.82) is 0 Å². The average molecular weight is 240 g/mol. The van der Waals surface area contributed by atoms with Crippen molar-refractivity contribution in [3.8, 4) is 11.5 Å². The van der Waals surface area contributed by atoms with Crippen molar-refractivity contribution < 1.29 is 24.1 Å². The van der Waals surface area contributed by atoms with Crippen molar-refractivity contribution in [2.45, 2.75) is 24.7 Å². The number of aromatic hydroxyl groups is 1. The van der Waals surface area contributed by atoms with E-state index in [1.807, 2.05) is 0 Å². The lowest BCUT2D eigenvalue weighted by Crippen LogP contribution is -2.43. The number of methoxy groups -OCH3 is 1. The summed E-state index contributed by atoms with van der Waals surface area (Å²) >= 11 is 0. The Morgan fingerprint density at radius 2 is 2.12 bits per heavy atom. The molecule has 17 heavy (non-hydrogen) atoms. The minimum absolute atomic E-state index is 0.0385. The van der Waals surface area contributed by atoms with E-state index in [-0.39, 0.29) is 17.1 Å². The second-order valence-electron chi connectivity index (χ2n) is 4.25. The molecule has 0 amide bonds. The standard InChI is InChI=1S/C12H13FO4/c1-17-9-6-7(14)5-8(13)10(9)12(11(15)16)3-2-4-12/h5-6,14H,2-4H2,1H3,(H,15,16). The molecule has 0 bridgehead atoms. The first-order valence-corrected chi connectivity index (χ1v) is 5.31. The molecule has 0 radical (unpaired) electrons. The molecular formula is C12H13FO4. The number of carboxylic acid groups (broad SMARTS) is 1. The van der Waals surface area contributed by atoms with Crippen LogP contribution in [0.25, 0.3) is 0 Å². The fourth-order valence-corrected chi connectivity index (χ4v) is 2.29. The molecule has 0 aromatic heterocycles. The highest BCUT2D eigenvalue weighted by Crippen LogP contribution is 2.49. The molecule has 0 aliphatic heterocycles. The third kappa shape index (κ3) is 1.62. The van der Waals surface area contributed by atoms with E-state index in [0.29, 0.717) is 12.8 Å². The number of ether oxygens (including phenoxy) is 1. The molecule has 0 heterocycles. The van der Waals surface area contributed by atoms with Gasteiger partial charge in [-0.25, -0.2) is 4.39 Å². The smallest absolute Gasteiger partial charge is 0.314 e. The van der Waals surface area contributed by atoms with Crippen molar-refractivity contribution in [2.75, 3.05) is 7.11 Å². The van der Waals surface area contributed by atoms with Crippen LogP contribution in [0.3, 0.4) is 0 Å². The van der Waals surface area contributed by atoms with E-state index in [2.05, 4.69) is 0 Å². The molecule has 0 atom stereocenters. The van der Waals surface area contributed by atoms with Crippen LogP contribution in [0.2, 0.25) is 0 Å². The van der Waals surface area contributed by atoms with Crippen LogP contribution in [0.4, 0.5) is 4.39 Å². The molecule has 1 aliphatic rings. The van der Waals surface area contributed by atoms with Gasteiger partial charge >= 0.3 is 5.97 Å².